The normalized spacial score (nSPS) is 39.5. The van der Waals surface area contributed by atoms with E-state index in [2.05, 4.69) is 6.92 Å². The SMILES string of the molecule is CC12CC1(C(=O)c1ccccc1)C2. The van der Waals surface area contributed by atoms with Crippen LogP contribution >= 0.6 is 0 Å². The minimum Gasteiger partial charge on any atom is -0.294 e. The van der Waals surface area contributed by atoms with Crippen molar-refractivity contribution in [3.05, 3.63) is 35.9 Å². The maximum atomic E-state index is 12.0. The first-order valence-corrected chi connectivity index (χ1v) is 4.78. The van der Waals surface area contributed by atoms with E-state index in [1.807, 2.05) is 30.3 Å². The predicted octanol–water partition coefficient (Wildman–Crippen LogP) is 2.67. The summed E-state index contributed by atoms with van der Waals surface area (Å²) < 4.78 is 0. The third-order valence-electron chi connectivity index (χ3n) is 3.76. The average Bonchev–Trinajstić information content (AvgIpc) is 2.90. The molecule has 3 rings (SSSR count). The van der Waals surface area contributed by atoms with Gasteiger partial charge in [0.2, 0.25) is 0 Å². The van der Waals surface area contributed by atoms with Crippen molar-refractivity contribution in [2.75, 3.05) is 0 Å². The monoisotopic (exact) mass is 172 g/mol. The van der Waals surface area contributed by atoms with Crippen LogP contribution in [0.3, 0.4) is 0 Å². The van der Waals surface area contributed by atoms with Crippen molar-refractivity contribution in [3.8, 4) is 0 Å². The Bertz CT molecular complexity index is 371. The highest BCUT2D eigenvalue weighted by molar-refractivity contribution is 6.06. The fourth-order valence-electron chi connectivity index (χ4n) is 2.49. The molecule has 2 aliphatic rings. The molecule has 0 aromatic heterocycles. The molecule has 1 nitrogen and oxygen atoms in total. The third kappa shape index (κ3) is 0.749. The standard InChI is InChI=1S/C12H12O/c1-11-7-12(11,8-11)10(13)9-5-3-2-4-6-9/h2-6H,7-8H2,1H3. The van der Waals surface area contributed by atoms with E-state index in [1.54, 1.807) is 0 Å². The highest BCUT2D eigenvalue weighted by atomic mass is 16.1. The van der Waals surface area contributed by atoms with E-state index >= 15 is 0 Å². The molecule has 1 aromatic rings. The Morgan fingerprint density at radius 3 is 2.23 bits per heavy atom. The molecule has 0 amide bonds. The second-order valence-corrected chi connectivity index (χ2v) is 4.69. The molecule has 0 spiro atoms. The number of ketones is 1. The summed E-state index contributed by atoms with van der Waals surface area (Å²) >= 11 is 0. The van der Waals surface area contributed by atoms with Crippen LogP contribution in [0, 0.1) is 10.8 Å². The lowest BCUT2D eigenvalue weighted by atomic mass is 10.0. The van der Waals surface area contributed by atoms with Crippen LogP contribution in [-0.4, -0.2) is 5.78 Å². The van der Waals surface area contributed by atoms with Gasteiger partial charge in [0.25, 0.3) is 0 Å². The quantitative estimate of drug-likeness (QED) is 0.627. The van der Waals surface area contributed by atoms with Gasteiger partial charge in [0.15, 0.2) is 5.78 Å². The number of hydrogen-bond donors (Lipinski definition) is 0. The van der Waals surface area contributed by atoms with E-state index in [0.717, 1.165) is 18.4 Å². The van der Waals surface area contributed by atoms with Crippen LogP contribution in [0.15, 0.2) is 30.3 Å². The van der Waals surface area contributed by atoms with Gasteiger partial charge in [-0.1, -0.05) is 37.3 Å². The second-order valence-electron chi connectivity index (χ2n) is 4.69. The van der Waals surface area contributed by atoms with Crippen molar-refractivity contribution in [2.45, 2.75) is 19.8 Å². The molecule has 13 heavy (non-hydrogen) atoms. The molecule has 1 aromatic carbocycles. The Kier molecular flexibility index (Phi) is 1.05. The summed E-state index contributed by atoms with van der Waals surface area (Å²) in [4.78, 5) is 12.0. The van der Waals surface area contributed by atoms with Crippen molar-refractivity contribution in [1.82, 2.24) is 0 Å². The Morgan fingerprint density at radius 1 is 1.23 bits per heavy atom. The summed E-state index contributed by atoms with van der Waals surface area (Å²) in [5.74, 6) is 0.371. The van der Waals surface area contributed by atoms with Gasteiger partial charge in [0, 0.05) is 11.0 Å². The summed E-state index contributed by atoms with van der Waals surface area (Å²) in [6.07, 6.45) is 2.24. The maximum absolute atomic E-state index is 12.0. The number of carbonyl (C=O) groups excluding carboxylic acids is 1. The zero-order valence-corrected chi connectivity index (χ0v) is 7.71. The van der Waals surface area contributed by atoms with Gasteiger partial charge in [0.05, 0.1) is 0 Å². The number of benzene rings is 1. The van der Waals surface area contributed by atoms with E-state index in [4.69, 9.17) is 0 Å². The van der Waals surface area contributed by atoms with Crippen LogP contribution in [0.25, 0.3) is 0 Å². The molecule has 66 valence electrons. The number of Topliss-reactive ketones (excluding diaryl/α,β-unsaturated/α-hetero) is 1. The largest absolute Gasteiger partial charge is 0.294 e. The van der Waals surface area contributed by atoms with Crippen LogP contribution in [0.2, 0.25) is 0 Å². The van der Waals surface area contributed by atoms with Gasteiger partial charge in [-0.3, -0.25) is 4.79 Å². The molecule has 2 saturated carbocycles. The summed E-state index contributed by atoms with van der Waals surface area (Å²) in [7, 11) is 0. The smallest absolute Gasteiger partial charge is 0.169 e. The molecular formula is C12H12O. The highest BCUT2D eigenvalue weighted by Crippen LogP contribution is 2.86. The van der Waals surface area contributed by atoms with Gasteiger partial charge >= 0.3 is 0 Å². The van der Waals surface area contributed by atoms with Gasteiger partial charge in [-0.15, -0.1) is 0 Å². The van der Waals surface area contributed by atoms with Crippen LogP contribution in [0.4, 0.5) is 0 Å². The molecule has 0 N–H and O–H groups in total. The van der Waals surface area contributed by atoms with Crippen LogP contribution in [0.5, 0.6) is 0 Å². The lowest BCUT2D eigenvalue weighted by molar-refractivity contribution is 0.0936. The molecule has 0 atom stereocenters. The molecule has 0 bridgehead atoms. The summed E-state index contributed by atoms with van der Waals surface area (Å²) in [5.41, 5.74) is 1.36. The van der Waals surface area contributed by atoms with Crippen molar-refractivity contribution in [3.63, 3.8) is 0 Å². The number of rotatable bonds is 2. The summed E-state index contributed by atoms with van der Waals surface area (Å²) in [6, 6.07) is 9.67. The Labute approximate surface area is 77.8 Å². The molecule has 0 heterocycles. The number of carbonyl (C=O) groups is 1. The van der Waals surface area contributed by atoms with Gasteiger partial charge in [-0.05, 0) is 18.3 Å². The van der Waals surface area contributed by atoms with E-state index in [0.29, 0.717) is 11.2 Å². The van der Waals surface area contributed by atoms with Crippen LogP contribution in [0.1, 0.15) is 30.1 Å². The lowest BCUT2D eigenvalue weighted by Gasteiger charge is -2.01. The fraction of sp³-hybridized carbons (Fsp3) is 0.417. The van der Waals surface area contributed by atoms with Crippen molar-refractivity contribution in [2.24, 2.45) is 10.8 Å². The van der Waals surface area contributed by atoms with Crippen LogP contribution in [-0.2, 0) is 0 Å². The van der Waals surface area contributed by atoms with Gasteiger partial charge in [-0.25, -0.2) is 0 Å². The molecule has 2 fully saturated rings. The molecule has 2 aliphatic carbocycles. The number of fused-ring (bicyclic) bond motifs is 1. The number of hydrogen-bond acceptors (Lipinski definition) is 1. The van der Waals surface area contributed by atoms with Gasteiger partial charge in [-0.2, -0.15) is 0 Å². The first-order valence-electron chi connectivity index (χ1n) is 4.78. The third-order valence-corrected chi connectivity index (χ3v) is 3.76. The van der Waals surface area contributed by atoms with E-state index in [9.17, 15) is 4.79 Å². The Balaban J connectivity index is 1.93. The van der Waals surface area contributed by atoms with Crippen LogP contribution < -0.4 is 0 Å². The van der Waals surface area contributed by atoms with E-state index in [-0.39, 0.29) is 5.41 Å². The van der Waals surface area contributed by atoms with Crippen molar-refractivity contribution < 1.29 is 4.79 Å². The minimum absolute atomic E-state index is 0.0777. The molecule has 0 radical (unpaired) electrons. The Hall–Kier alpha value is -1.11. The molecule has 0 saturated heterocycles. The van der Waals surface area contributed by atoms with E-state index < -0.39 is 0 Å². The second kappa shape index (κ2) is 1.87. The Morgan fingerprint density at radius 2 is 1.77 bits per heavy atom. The molecule has 0 unspecified atom stereocenters. The first-order chi connectivity index (χ1) is 6.18. The van der Waals surface area contributed by atoms with Gasteiger partial charge in [0.1, 0.15) is 0 Å². The minimum atomic E-state index is 0.0777. The molecular weight excluding hydrogens is 160 g/mol. The maximum Gasteiger partial charge on any atom is 0.169 e. The van der Waals surface area contributed by atoms with Crippen molar-refractivity contribution in [1.29, 1.82) is 0 Å². The lowest BCUT2D eigenvalue weighted by Crippen LogP contribution is -2.06. The predicted molar refractivity (Wildman–Crippen MR) is 50.5 cm³/mol. The fourth-order valence-corrected chi connectivity index (χ4v) is 2.49. The average molecular weight is 172 g/mol. The highest BCUT2D eigenvalue weighted by Gasteiger charge is 2.83. The zero-order chi connectivity index (χ0) is 9.10. The molecule has 1 heteroatoms. The first kappa shape index (κ1) is 7.31. The van der Waals surface area contributed by atoms with E-state index in [1.165, 1.54) is 0 Å². The van der Waals surface area contributed by atoms with Crippen molar-refractivity contribution >= 4 is 5.78 Å². The van der Waals surface area contributed by atoms with Gasteiger partial charge < -0.3 is 0 Å². The topological polar surface area (TPSA) is 17.1 Å². The zero-order valence-electron chi connectivity index (χ0n) is 7.71. The summed E-state index contributed by atoms with van der Waals surface area (Å²) in [6.45, 7) is 2.22. The summed E-state index contributed by atoms with van der Waals surface area (Å²) in [5, 5.41) is 0. The molecule has 0 aliphatic heterocycles.